The van der Waals surface area contributed by atoms with Gasteiger partial charge in [-0.15, -0.1) is 0 Å². The van der Waals surface area contributed by atoms with Crippen LogP contribution in [-0.4, -0.2) is 52.0 Å². The molecule has 3 aliphatic heterocycles. The largest absolute Gasteiger partial charge is 0.490 e. The Morgan fingerprint density at radius 2 is 1.76 bits per heavy atom. The molecule has 0 N–H and O–H groups in total. The van der Waals surface area contributed by atoms with Gasteiger partial charge in [0.05, 0.1) is 31.7 Å². The molecule has 2 aromatic carbocycles. The Kier molecular flexibility index (Phi) is 6.14. The molecule has 3 heterocycles. The Morgan fingerprint density at radius 1 is 1.03 bits per heavy atom. The SMILES string of the molecule is O=S(=O)(CC[C@@H]1OCC[C@@]2(Cc3ccc(Cl)cc3)c3c(F)ccc(F)c3OC[C@@H]12)C1COC1. The minimum atomic E-state index is -3.31. The third kappa shape index (κ3) is 4.16. The van der Waals surface area contributed by atoms with Crippen molar-refractivity contribution in [2.75, 3.05) is 32.2 Å². The molecule has 2 fully saturated rings. The van der Waals surface area contributed by atoms with E-state index in [0.29, 0.717) is 24.5 Å². The van der Waals surface area contributed by atoms with E-state index >= 15 is 4.39 Å². The van der Waals surface area contributed by atoms with Crippen LogP contribution in [0, 0.1) is 17.6 Å². The topological polar surface area (TPSA) is 61.8 Å². The molecule has 0 bridgehead atoms. The van der Waals surface area contributed by atoms with Crippen LogP contribution in [0.25, 0.3) is 0 Å². The van der Waals surface area contributed by atoms with E-state index in [1.54, 1.807) is 12.1 Å². The molecule has 0 aromatic heterocycles. The lowest BCUT2D eigenvalue weighted by Gasteiger charge is -2.51. The summed E-state index contributed by atoms with van der Waals surface area (Å²) in [5, 5.41) is 0.113. The maximum atomic E-state index is 15.3. The van der Waals surface area contributed by atoms with Gasteiger partial charge in [-0.2, -0.15) is 0 Å². The summed E-state index contributed by atoms with van der Waals surface area (Å²) in [6, 6.07) is 9.52. The van der Waals surface area contributed by atoms with E-state index in [4.69, 9.17) is 25.8 Å². The Balaban J connectivity index is 1.52. The van der Waals surface area contributed by atoms with E-state index in [-0.39, 0.29) is 49.2 Å². The molecule has 178 valence electrons. The first-order valence-electron chi connectivity index (χ1n) is 11.1. The highest BCUT2D eigenvalue weighted by molar-refractivity contribution is 7.92. The lowest BCUT2D eigenvalue weighted by atomic mass is 9.60. The lowest BCUT2D eigenvalue weighted by molar-refractivity contribution is -0.0964. The smallest absolute Gasteiger partial charge is 0.165 e. The second-order valence-corrected chi connectivity index (χ2v) is 11.9. The first-order chi connectivity index (χ1) is 15.8. The number of hydrogen-bond donors (Lipinski definition) is 0. The molecule has 0 spiro atoms. The van der Waals surface area contributed by atoms with Crippen molar-refractivity contribution in [3.63, 3.8) is 0 Å². The van der Waals surface area contributed by atoms with Crippen LogP contribution in [0.15, 0.2) is 36.4 Å². The van der Waals surface area contributed by atoms with Crippen molar-refractivity contribution in [1.29, 1.82) is 0 Å². The molecule has 5 rings (SSSR count). The van der Waals surface area contributed by atoms with Gasteiger partial charge in [-0.05, 0) is 49.1 Å². The van der Waals surface area contributed by atoms with Gasteiger partial charge >= 0.3 is 0 Å². The van der Waals surface area contributed by atoms with Crippen LogP contribution in [0.2, 0.25) is 5.02 Å². The molecule has 0 radical (unpaired) electrons. The van der Waals surface area contributed by atoms with E-state index in [1.807, 2.05) is 12.1 Å². The summed E-state index contributed by atoms with van der Waals surface area (Å²) in [5.74, 6) is -1.56. The maximum Gasteiger partial charge on any atom is 0.165 e. The average molecular weight is 499 g/mol. The lowest BCUT2D eigenvalue weighted by Crippen LogP contribution is -2.55. The summed E-state index contributed by atoms with van der Waals surface area (Å²) in [6.07, 6.45) is 0.713. The zero-order valence-corrected chi connectivity index (χ0v) is 19.5. The quantitative estimate of drug-likeness (QED) is 0.600. The molecular formula is C24H25ClF2O5S. The first kappa shape index (κ1) is 23.0. The molecule has 3 atom stereocenters. The molecule has 9 heteroatoms. The van der Waals surface area contributed by atoms with Crippen molar-refractivity contribution in [1.82, 2.24) is 0 Å². The van der Waals surface area contributed by atoms with Crippen molar-refractivity contribution in [3.8, 4) is 5.75 Å². The first-order valence-corrected chi connectivity index (χ1v) is 13.2. The summed E-state index contributed by atoms with van der Waals surface area (Å²) in [7, 11) is -3.31. The fourth-order valence-electron chi connectivity index (χ4n) is 5.37. The molecule has 0 saturated carbocycles. The van der Waals surface area contributed by atoms with Gasteiger partial charge in [0.25, 0.3) is 0 Å². The highest BCUT2D eigenvalue weighted by Gasteiger charge is 2.53. The van der Waals surface area contributed by atoms with Crippen LogP contribution in [0.4, 0.5) is 8.78 Å². The molecule has 3 aliphatic rings. The van der Waals surface area contributed by atoms with E-state index in [0.717, 1.165) is 17.7 Å². The number of ether oxygens (including phenoxy) is 3. The molecular weight excluding hydrogens is 474 g/mol. The number of rotatable bonds is 6. The Morgan fingerprint density at radius 3 is 2.45 bits per heavy atom. The monoisotopic (exact) mass is 498 g/mol. The standard InChI is InChI=1S/C24H25ClF2O5S/c25-16-3-1-15(2-4-16)11-24-8-9-31-21(7-10-33(28,29)17-12-30-13-17)18(24)14-32-23-20(27)6-5-19(26)22(23)24/h1-6,17-18,21H,7-14H2/t18-,21-,24-/m0/s1. The Labute approximate surface area is 196 Å². The second kappa shape index (κ2) is 8.80. The minimum absolute atomic E-state index is 0.0439. The molecule has 0 amide bonds. The number of sulfone groups is 1. The van der Waals surface area contributed by atoms with Crippen LogP contribution in [-0.2, 0) is 31.1 Å². The zero-order valence-electron chi connectivity index (χ0n) is 17.9. The van der Waals surface area contributed by atoms with Crippen LogP contribution < -0.4 is 4.74 Å². The van der Waals surface area contributed by atoms with Gasteiger partial charge in [0.15, 0.2) is 21.4 Å². The zero-order chi connectivity index (χ0) is 23.2. The highest BCUT2D eigenvalue weighted by Crippen LogP contribution is 2.52. The fraction of sp³-hybridized carbons (Fsp3) is 0.500. The summed E-state index contributed by atoms with van der Waals surface area (Å²) in [4.78, 5) is 0. The Bertz CT molecular complexity index is 1140. The van der Waals surface area contributed by atoms with Crippen molar-refractivity contribution >= 4 is 21.4 Å². The van der Waals surface area contributed by atoms with Crippen molar-refractivity contribution < 1.29 is 31.4 Å². The van der Waals surface area contributed by atoms with Crippen LogP contribution >= 0.6 is 11.6 Å². The van der Waals surface area contributed by atoms with Crippen LogP contribution in [0.3, 0.4) is 0 Å². The Hall–Kier alpha value is -1.74. The van der Waals surface area contributed by atoms with E-state index in [1.165, 1.54) is 0 Å². The fourth-order valence-corrected chi connectivity index (χ4v) is 6.99. The van der Waals surface area contributed by atoms with Crippen molar-refractivity contribution in [2.45, 2.75) is 36.0 Å². The molecule has 2 aromatic rings. The summed E-state index contributed by atoms with van der Waals surface area (Å²) in [5.41, 5.74) is 0.359. The van der Waals surface area contributed by atoms with Gasteiger partial charge in [-0.25, -0.2) is 17.2 Å². The molecule has 33 heavy (non-hydrogen) atoms. The van der Waals surface area contributed by atoms with Gasteiger partial charge in [0.1, 0.15) is 11.1 Å². The van der Waals surface area contributed by atoms with E-state index in [9.17, 15) is 12.8 Å². The second-order valence-electron chi connectivity index (χ2n) is 9.08. The third-order valence-electron chi connectivity index (χ3n) is 7.24. The van der Waals surface area contributed by atoms with E-state index < -0.39 is 38.2 Å². The number of benzene rings is 2. The predicted octanol–water partition coefficient (Wildman–Crippen LogP) is 4.10. The minimum Gasteiger partial charge on any atom is -0.490 e. The molecule has 0 aliphatic carbocycles. The molecule has 2 saturated heterocycles. The van der Waals surface area contributed by atoms with Crippen molar-refractivity contribution in [3.05, 3.63) is 64.2 Å². The van der Waals surface area contributed by atoms with Gasteiger partial charge in [-0.1, -0.05) is 23.7 Å². The van der Waals surface area contributed by atoms with Crippen molar-refractivity contribution in [2.24, 2.45) is 5.92 Å². The van der Waals surface area contributed by atoms with Gasteiger partial charge in [-0.3, -0.25) is 0 Å². The summed E-state index contributed by atoms with van der Waals surface area (Å²) >= 11 is 6.05. The highest BCUT2D eigenvalue weighted by atomic mass is 35.5. The van der Waals surface area contributed by atoms with Gasteiger partial charge < -0.3 is 14.2 Å². The van der Waals surface area contributed by atoms with Crippen LogP contribution in [0.5, 0.6) is 5.75 Å². The number of halogens is 3. The van der Waals surface area contributed by atoms with Gasteiger partial charge in [0, 0.05) is 28.5 Å². The number of fused-ring (bicyclic) bond motifs is 3. The normalized spacial score (nSPS) is 27.2. The average Bonchev–Trinajstić information content (AvgIpc) is 2.74. The predicted molar refractivity (Wildman–Crippen MR) is 120 cm³/mol. The molecule has 0 unspecified atom stereocenters. The van der Waals surface area contributed by atoms with Gasteiger partial charge in [0.2, 0.25) is 0 Å². The molecule has 5 nitrogen and oxygen atoms in total. The van der Waals surface area contributed by atoms with Crippen LogP contribution in [0.1, 0.15) is 24.0 Å². The number of hydrogen-bond acceptors (Lipinski definition) is 5. The summed E-state index contributed by atoms with van der Waals surface area (Å²) < 4.78 is 72.0. The third-order valence-corrected chi connectivity index (χ3v) is 9.58. The maximum absolute atomic E-state index is 15.3. The van der Waals surface area contributed by atoms with E-state index in [2.05, 4.69) is 0 Å². The summed E-state index contributed by atoms with van der Waals surface area (Å²) in [6.45, 7) is 0.881.